The van der Waals surface area contributed by atoms with Crippen LogP contribution in [0.5, 0.6) is 0 Å². The molecule has 4 nitrogen and oxygen atoms in total. The summed E-state index contributed by atoms with van der Waals surface area (Å²) in [4.78, 5) is 4.23. The molecule has 0 fully saturated rings. The lowest BCUT2D eigenvalue weighted by Gasteiger charge is -2.18. The Labute approximate surface area is 131 Å². The van der Waals surface area contributed by atoms with Gasteiger partial charge < -0.3 is 5.11 Å². The van der Waals surface area contributed by atoms with E-state index in [0.29, 0.717) is 5.82 Å². The van der Waals surface area contributed by atoms with Crippen LogP contribution in [-0.4, -0.2) is 22.5 Å². The fourth-order valence-corrected chi connectivity index (χ4v) is 2.13. The van der Waals surface area contributed by atoms with Gasteiger partial charge in [0.15, 0.2) is 5.82 Å². The summed E-state index contributed by atoms with van der Waals surface area (Å²) in [7, 11) is 0. The first-order valence-corrected chi connectivity index (χ1v) is 7.38. The lowest BCUT2D eigenvalue weighted by Crippen LogP contribution is -2.22. The largest absolute Gasteiger partial charge is 0.374 e. The first-order chi connectivity index (χ1) is 10.8. The van der Waals surface area contributed by atoms with Crippen molar-refractivity contribution in [1.82, 2.24) is 4.98 Å². The maximum absolute atomic E-state index is 9.64. The lowest BCUT2D eigenvalue weighted by atomic mass is 10.0. The van der Waals surface area contributed by atoms with Gasteiger partial charge in [0.05, 0.1) is 5.71 Å². The van der Waals surface area contributed by atoms with Crippen molar-refractivity contribution in [3.05, 3.63) is 72.4 Å². The maximum atomic E-state index is 9.64. The highest BCUT2D eigenvalue weighted by Crippen LogP contribution is 2.16. The number of hydrogen-bond donors (Lipinski definition) is 1. The predicted octanol–water partition coefficient (Wildman–Crippen LogP) is 3.60. The summed E-state index contributed by atoms with van der Waals surface area (Å²) in [5.74, 6) is 0.600. The summed E-state index contributed by atoms with van der Waals surface area (Å²) in [6.07, 6.45) is 3.53. The Hall–Kier alpha value is -2.46. The molecule has 0 unspecified atom stereocenters. The van der Waals surface area contributed by atoms with Crippen LogP contribution in [0.2, 0.25) is 0 Å². The molecule has 1 N–H and O–H groups in total. The third kappa shape index (κ3) is 4.02. The first kappa shape index (κ1) is 15.9. The number of pyridine rings is 1. The van der Waals surface area contributed by atoms with Crippen molar-refractivity contribution in [2.24, 2.45) is 5.10 Å². The second kappa shape index (κ2) is 8.10. The van der Waals surface area contributed by atoms with Crippen LogP contribution in [0.3, 0.4) is 0 Å². The average molecular weight is 295 g/mol. The summed E-state index contributed by atoms with van der Waals surface area (Å²) in [6, 6.07) is 15.4. The average Bonchev–Trinajstić information content (AvgIpc) is 2.57. The molecule has 0 saturated heterocycles. The Balaban J connectivity index is 2.41. The van der Waals surface area contributed by atoms with Gasteiger partial charge in [-0.3, -0.25) is 0 Å². The number of aromatic nitrogens is 1. The zero-order valence-corrected chi connectivity index (χ0v) is 12.8. The molecule has 2 rings (SSSR count). The number of rotatable bonds is 7. The zero-order chi connectivity index (χ0) is 15.8. The van der Waals surface area contributed by atoms with E-state index in [2.05, 4.69) is 23.6 Å². The minimum Gasteiger partial charge on any atom is -0.374 e. The van der Waals surface area contributed by atoms with Crippen LogP contribution in [0, 0.1) is 0 Å². The highest BCUT2D eigenvalue weighted by Gasteiger charge is 2.11. The highest BCUT2D eigenvalue weighted by molar-refractivity contribution is 6.12. The highest BCUT2D eigenvalue weighted by atomic mass is 16.3. The van der Waals surface area contributed by atoms with Gasteiger partial charge in [0.25, 0.3) is 0 Å². The Morgan fingerprint density at radius 1 is 1.18 bits per heavy atom. The zero-order valence-electron chi connectivity index (χ0n) is 12.8. The van der Waals surface area contributed by atoms with Crippen LogP contribution in [0.4, 0.5) is 5.82 Å². The first-order valence-electron chi connectivity index (χ1n) is 7.38. The van der Waals surface area contributed by atoms with E-state index in [9.17, 15) is 5.11 Å². The molecule has 0 atom stereocenters. The molecule has 4 heteroatoms. The molecule has 2 aromatic rings. The second-order valence-electron chi connectivity index (χ2n) is 4.90. The van der Waals surface area contributed by atoms with Crippen molar-refractivity contribution in [1.29, 1.82) is 0 Å². The van der Waals surface area contributed by atoms with Gasteiger partial charge in [-0.2, -0.15) is 5.10 Å². The van der Waals surface area contributed by atoms with Crippen LogP contribution in [0.25, 0.3) is 0 Å². The fourth-order valence-electron chi connectivity index (χ4n) is 2.13. The van der Waals surface area contributed by atoms with Gasteiger partial charge in [-0.25, -0.2) is 9.99 Å². The van der Waals surface area contributed by atoms with Gasteiger partial charge in [0.1, 0.15) is 6.73 Å². The van der Waals surface area contributed by atoms with E-state index >= 15 is 0 Å². The molecule has 0 aliphatic carbocycles. The molecular weight excluding hydrogens is 274 g/mol. The monoisotopic (exact) mass is 295 g/mol. The molecule has 114 valence electrons. The molecule has 0 bridgehead atoms. The lowest BCUT2D eigenvalue weighted by molar-refractivity contribution is 0.292. The molecule has 22 heavy (non-hydrogen) atoms. The standard InChI is InChI=1S/C18H21N3O/c1-3-9-15(2)18(16-10-5-4-6-11-16)20-21(14-22)17-12-7-8-13-19-17/h4-8,10-13,22H,2-3,9,14H2,1H3/b20-18+. The third-order valence-electron chi connectivity index (χ3n) is 3.20. The van der Waals surface area contributed by atoms with Crippen molar-refractivity contribution in [2.75, 3.05) is 11.7 Å². The van der Waals surface area contributed by atoms with Crippen molar-refractivity contribution in [3.63, 3.8) is 0 Å². The summed E-state index contributed by atoms with van der Waals surface area (Å²) in [5.41, 5.74) is 2.71. The van der Waals surface area contributed by atoms with Gasteiger partial charge in [0, 0.05) is 11.8 Å². The number of hydrogen-bond acceptors (Lipinski definition) is 4. The van der Waals surface area contributed by atoms with E-state index in [-0.39, 0.29) is 6.73 Å². The Morgan fingerprint density at radius 2 is 1.91 bits per heavy atom. The van der Waals surface area contributed by atoms with Crippen LogP contribution in [0.1, 0.15) is 25.3 Å². The van der Waals surface area contributed by atoms with Crippen molar-refractivity contribution < 1.29 is 5.11 Å². The number of allylic oxidation sites excluding steroid dienone is 1. The van der Waals surface area contributed by atoms with E-state index in [0.717, 1.165) is 29.7 Å². The van der Waals surface area contributed by atoms with Crippen LogP contribution >= 0.6 is 0 Å². The normalized spacial score (nSPS) is 11.3. The summed E-state index contributed by atoms with van der Waals surface area (Å²) in [5, 5.41) is 15.7. The van der Waals surface area contributed by atoms with Crippen LogP contribution < -0.4 is 5.01 Å². The fraction of sp³-hybridized carbons (Fsp3) is 0.222. The van der Waals surface area contributed by atoms with E-state index in [1.54, 1.807) is 6.20 Å². The van der Waals surface area contributed by atoms with E-state index < -0.39 is 0 Å². The van der Waals surface area contributed by atoms with Crippen molar-refractivity contribution in [3.8, 4) is 0 Å². The number of benzene rings is 1. The van der Waals surface area contributed by atoms with Crippen molar-refractivity contribution >= 4 is 11.5 Å². The van der Waals surface area contributed by atoms with Gasteiger partial charge in [-0.1, -0.05) is 56.3 Å². The minimum absolute atomic E-state index is 0.243. The SMILES string of the molecule is C=C(CCC)/C(=N\N(CO)c1ccccn1)c1ccccc1. The van der Waals surface area contributed by atoms with Crippen molar-refractivity contribution in [2.45, 2.75) is 19.8 Å². The maximum Gasteiger partial charge on any atom is 0.151 e. The number of hydrazone groups is 1. The van der Waals surface area contributed by atoms with Gasteiger partial charge in [-0.05, 0) is 24.1 Å². The van der Waals surface area contributed by atoms with Crippen LogP contribution in [0.15, 0.2) is 72.0 Å². The molecule has 0 radical (unpaired) electrons. The smallest absolute Gasteiger partial charge is 0.151 e. The number of anilines is 1. The number of nitrogens with zero attached hydrogens (tertiary/aromatic N) is 3. The molecule has 1 aromatic heterocycles. The Kier molecular flexibility index (Phi) is 5.86. The molecule has 1 heterocycles. The quantitative estimate of drug-likeness (QED) is 0.482. The molecule has 0 spiro atoms. The molecular formula is C18H21N3O. The Morgan fingerprint density at radius 3 is 2.50 bits per heavy atom. The van der Waals surface area contributed by atoms with E-state index in [4.69, 9.17) is 0 Å². The minimum atomic E-state index is -0.243. The Bertz CT molecular complexity index is 623. The second-order valence-corrected chi connectivity index (χ2v) is 4.90. The van der Waals surface area contributed by atoms with Gasteiger partial charge in [0.2, 0.25) is 0 Å². The molecule has 0 aliphatic rings. The predicted molar refractivity (Wildman–Crippen MR) is 90.8 cm³/mol. The number of aliphatic hydroxyl groups is 1. The molecule has 1 aromatic carbocycles. The third-order valence-corrected chi connectivity index (χ3v) is 3.20. The van der Waals surface area contributed by atoms with E-state index in [1.807, 2.05) is 48.5 Å². The van der Waals surface area contributed by atoms with Crippen LogP contribution in [-0.2, 0) is 0 Å². The topological polar surface area (TPSA) is 48.7 Å². The van der Waals surface area contributed by atoms with Gasteiger partial charge in [-0.15, -0.1) is 0 Å². The summed E-state index contributed by atoms with van der Waals surface area (Å²) < 4.78 is 0. The number of aliphatic hydroxyl groups excluding tert-OH is 1. The molecule has 0 amide bonds. The molecule has 0 saturated carbocycles. The van der Waals surface area contributed by atoms with Gasteiger partial charge >= 0.3 is 0 Å². The summed E-state index contributed by atoms with van der Waals surface area (Å²) >= 11 is 0. The summed E-state index contributed by atoms with van der Waals surface area (Å²) in [6.45, 7) is 6.01. The molecule has 0 aliphatic heterocycles. The van der Waals surface area contributed by atoms with E-state index in [1.165, 1.54) is 5.01 Å².